The van der Waals surface area contributed by atoms with E-state index in [1.807, 2.05) is 0 Å². The zero-order valence-electron chi connectivity index (χ0n) is 19.2. The number of aryl methyl sites for hydroxylation is 1. The van der Waals surface area contributed by atoms with Crippen molar-refractivity contribution >= 4 is 24.8 Å². The minimum atomic E-state index is -4.36. The average Bonchev–Trinajstić information content (AvgIpc) is 3.36. The van der Waals surface area contributed by atoms with Gasteiger partial charge in [0.05, 0.1) is 11.1 Å². The molecule has 2 aliphatic rings. The molecule has 1 aliphatic heterocycles. The number of nitrogens with one attached hydrogen (secondary N) is 1. The minimum absolute atomic E-state index is 0. The average molecular weight is 565 g/mol. The Hall–Kier alpha value is -2.76. The van der Waals surface area contributed by atoms with E-state index >= 15 is 0 Å². The molecule has 0 spiro atoms. The lowest BCUT2D eigenvalue weighted by atomic mass is 9.94. The molecule has 5 rings (SSSR count). The smallest absolute Gasteiger partial charge is 0.302 e. The third-order valence-corrected chi connectivity index (χ3v) is 6.99. The minimum Gasteiger partial charge on any atom is -0.302 e. The Morgan fingerprint density at radius 2 is 1.70 bits per heavy atom. The van der Waals surface area contributed by atoms with Gasteiger partial charge in [0.15, 0.2) is 0 Å². The van der Waals surface area contributed by atoms with E-state index in [0.717, 1.165) is 49.3 Å². The van der Waals surface area contributed by atoms with Crippen LogP contribution in [-0.2, 0) is 18.1 Å². The maximum atomic E-state index is 14.0. The fourth-order valence-electron chi connectivity index (χ4n) is 5.14. The van der Waals surface area contributed by atoms with Crippen LogP contribution in [-0.4, -0.2) is 39.1 Å². The number of fused-ring (bicyclic) bond motifs is 1. The molecule has 3 heterocycles. The molecule has 200 valence electrons. The van der Waals surface area contributed by atoms with Gasteiger partial charge in [-0.3, -0.25) is 14.3 Å². The van der Waals surface area contributed by atoms with Gasteiger partial charge in [-0.15, -0.1) is 24.8 Å². The maximum Gasteiger partial charge on any atom is 0.416 e. The van der Waals surface area contributed by atoms with Gasteiger partial charge in [-0.1, -0.05) is 12.1 Å². The largest absolute Gasteiger partial charge is 0.416 e. The molecule has 2 atom stereocenters. The molecule has 37 heavy (non-hydrogen) atoms. The molecular formula is C24H23Cl2F5N4O2. The predicted molar refractivity (Wildman–Crippen MR) is 131 cm³/mol. The van der Waals surface area contributed by atoms with Gasteiger partial charge in [0.1, 0.15) is 0 Å². The van der Waals surface area contributed by atoms with E-state index in [1.165, 1.54) is 10.8 Å². The van der Waals surface area contributed by atoms with E-state index in [9.17, 15) is 31.5 Å². The van der Waals surface area contributed by atoms with Crippen molar-refractivity contribution in [3.8, 4) is 11.1 Å². The highest BCUT2D eigenvalue weighted by molar-refractivity contribution is 5.85. The lowest BCUT2D eigenvalue weighted by Gasteiger charge is -2.21. The van der Waals surface area contributed by atoms with E-state index in [1.54, 1.807) is 12.1 Å². The van der Waals surface area contributed by atoms with Gasteiger partial charge < -0.3 is 4.90 Å². The third kappa shape index (κ3) is 5.58. The number of alkyl halides is 3. The standard InChI is InChI=1S/C24H21F5N4O2.2ClH/c25-19-7-6-17(20(26)30-19)18-12-33(22(35)31-21(18)34)9-1-8-32-11-16-10-23(16,13-32)14-2-4-15(5-3-14)24(27,28)29;;/h2-7,12,16H,1,8-11,13H2,(H,31,34,35);2*1H/t16-,23+;;/m0../s1. The summed E-state index contributed by atoms with van der Waals surface area (Å²) in [6, 6.07) is 7.41. The van der Waals surface area contributed by atoms with Crippen LogP contribution >= 0.6 is 24.8 Å². The van der Waals surface area contributed by atoms with Crippen molar-refractivity contribution in [3.05, 3.63) is 86.5 Å². The molecule has 1 N–H and O–H groups in total. The maximum absolute atomic E-state index is 14.0. The van der Waals surface area contributed by atoms with Gasteiger partial charge in [-0.05, 0) is 55.1 Å². The van der Waals surface area contributed by atoms with E-state index in [2.05, 4.69) is 14.9 Å². The van der Waals surface area contributed by atoms with E-state index < -0.39 is 34.9 Å². The van der Waals surface area contributed by atoms with Gasteiger partial charge in [0, 0.05) is 36.8 Å². The number of halogens is 7. The van der Waals surface area contributed by atoms with Gasteiger partial charge >= 0.3 is 11.9 Å². The number of benzene rings is 1. The SMILES string of the molecule is Cl.Cl.O=c1[nH]c(=O)n(CCCN2C[C@@H]3C[C@]3(c3ccc(C(F)(F)F)cc3)C2)cc1-c1ccc(F)nc1F. The molecule has 3 aromatic rings. The van der Waals surface area contributed by atoms with Crippen molar-refractivity contribution < 1.29 is 22.0 Å². The first kappa shape index (κ1) is 28.8. The number of piperidine rings is 1. The monoisotopic (exact) mass is 564 g/mol. The van der Waals surface area contributed by atoms with Crippen LogP contribution in [0.25, 0.3) is 11.1 Å². The van der Waals surface area contributed by atoms with Gasteiger partial charge in [0.25, 0.3) is 5.56 Å². The molecule has 6 nitrogen and oxygen atoms in total. The molecule has 2 aromatic heterocycles. The Morgan fingerprint density at radius 3 is 2.35 bits per heavy atom. The third-order valence-electron chi connectivity index (χ3n) is 6.99. The molecular weight excluding hydrogens is 542 g/mol. The van der Waals surface area contributed by atoms with Crippen molar-refractivity contribution in [3.63, 3.8) is 0 Å². The molecule has 13 heteroatoms. The van der Waals surface area contributed by atoms with E-state index in [4.69, 9.17) is 0 Å². The molecule has 0 amide bonds. The normalized spacial score (nSPS) is 20.6. The van der Waals surface area contributed by atoms with Gasteiger partial charge in [-0.2, -0.15) is 26.9 Å². The van der Waals surface area contributed by atoms with Crippen molar-refractivity contribution in [1.29, 1.82) is 0 Å². The highest BCUT2D eigenvalue weighted by Gasteiger charge is 2.60. The topological polar surface area (TPSA) is 71.0 Å². The lowest BCUT2D eigenvalue weighted by molar-refractivity contribution is -0.137. The summed E-state index contributed by atoms with van der Waals surface area (Å²) in [6.07, 6.45) is -1.62. The summed E-state index contributed by atoms with van der Waals surface area (Å²) in [4.78, 5) is 31.8. The number of hydrogen-bond donors (Lipinski definition) is 1. The molecule has 1 saturated heterocycles. The Labute approximate surface area is 220 Å². The summed E-state index contributed by atoms with van der Waals surface area (Å²) in [5, 5.41) is 0. The first-order valence-corrected chi connectivity index (χ1v) is 11.1. The lowest BCUT2D eigenvalue weighted by Crippen LogP contribution is -2.32. The van der Waals surface area contributed by atoms with Crippen molar-refractivity contribution in [2.75, 3.05) is 19.6 Å². The number of pyridine rings is 1. The number of hydrogen-bond acceptors (Lipinski definition) is 4. The second kappa shape index (κ2) is 10.5. The van der Waals surface area contributed by atoms with Crippen LogP contribution in [0.15, 0.2) is 52.2 Å². The Kier molecular flexibility index (Phi) is 8.21. The van der Waals surface area contributed by atoms with Crippen LogP contribution in [0.4, 0.5) is 22.0 Å². The molecule has 2 fully saturated rings. The molecule has 1 aliphatic carbocycles. The summed E-state index contributed by atoms with van der Waals surface area (Å²) in [5.74, 6) is -1.78. The number of rotatable bonds is 6. The number of nitrogens with zero attached hydrogens (tertiary/aromatic N) is 3. The summed E-state index contributed by atoms with van der Waals surface area (Å²) in [7, 11) is 0. The summed E-state index contributed by atoms with van der Waals surface area (Å²) in [5.41, 5.74) is -1.64. The van der Waals surface area contributed by atoms with E-state index in [-0.39, 0.29) is 47.9 Å². The quantitative estimate of drug-likeness (QED) is 0.356. The molecule has 0 unspecified atom stereocenters. The van der Waals surface area contributed by atoms with Gasteiger partial charge in [-0.25, -0.2) is 4.79 Å². The number of aromatic nitrogens is 3. The molecule has 1 aromatic carbocycles. The van der Waals surface area contributed by atoms with Crippen molar-refractivity contribution in [2.45, 2.75) is 31.0 Å². The van der Waals surface area contributed by atoms with Crippen LogP contribution in [0.5, 0.6) is 0 Å². The van der Waals surface area contributed by atoms with Crippen LogP contribution < -0.4 is 11.2 Å². The van der Waals surface area contributed by atoms with E-state index in [0.29, 0.717) is 18.9 Å². The highest BCUT2D eigenvalue weighted by Crippen LogP contribution is 2.59. The van der Waals surface area contributed by atoms with Crippen LogP contribution in [0, 0.1) is 17.8 Å². The Balaban J connectivity index is 0.00000190. The first-order valence-electron chi connectivity index (χ1n) is 11.1. The fraction of sp³-hybridized carbons (Fsp3) is 0.375. The second-order valence-corrected chi connectivity index (χ2v) is 9.19. The van der Waals surface area contributed by atoms with Crippen LogP contribution in [0.1, 0.15) is 24.0 Å². The van der Waals surface area contributed by atoms with Gasteiger partial charge in [0.2, 0.25) is 11.9 Å². The Bertz CT molecular complexity index is 1390. The van der Waals surface area contributed by atoms with Crippen molar-refractivity contribution in [1.82, 2.24) is 19.4 Å². The first-order chi connectivity index (χ1) is 16.6. The molecule has 1 saturated carbocycles. The number of likely N-dealkylation sites (tertiary alicyclic amines) is 1. The molecule has 0 bridgehead atoms. The van der Waals surface area contributed by atoms with Crippen LogP contribution in [0.2, 0.25) is 0 Å². The molecule has 0 radical (unpaired) electrons. The van der Waals surface area contributed by atoms with Crippen LogP contribution in [0.3, 0.4) is 0 Å². The summed E-state index contributed by atoms with van der Waals surface area (Å²) >= 11 is 0. The second-order valence-electron chi connectivity index (χ2n) is 9.19. The van der Waals surface area contributed by atoms with Crippen molar-refractivity contribution in [2.24, 2.45) is 5.92 Å². The summed E-state index contributed by atoms with van der Waals surface area (Å²) in [6.45, 7) is 2.44. The summed E-state index contributed by atoms with van der Waals surface area (Å²) < 4.78 is 67.0. The number of aromatic amines is 1. The Morgan fingerprint density at radius 1 is 1.00 bits per heavy atom. The highest BCUT2D eigenvalue weighted by atomic mass is 35.5. The number of H-pyrrole nitrogens is 1. The fourth-order valence-corrected chi connectivity index (χ4v) is 5.14. The zero-order chi connectivity index (χ0) is 25.0. The zero-order valence-corrected chi connectivity index (χ0v) is 20.9. The predicted octanol–water partition coefficient (Wildman–Crippen LogP) is 4.40.